The van der Waals surface area contributed by atoms with Crippen molar-refractivity contribution in [3.8, 4) is 5.75 Å². The number of ether oxygens (including phenoxy) is 1. The second kappa shape index (κ2) is 9.94. The Labute approximate surface area is 158 Å². The van der Waals surface area contributed by atoms with E-state index in [0.29, 0.717) is 24.5 Å². The molecule has 0 bridgehead atoms. The molecule has 0 aliphatic rings. The smallest absolute Gasteiger partial charge is 0.251 e. The fourth-order valence-electron chi connectivity index (χ4n) is 2.47. The lowest BCUT2D eigenvalue weighted by atomic mass is 10.1. The van der Waals surface area contributed by atoms with Gasteiger partial charge in [0.15, 0.2) is 0 Å². The van der Waals surface area contributed by atoms with Crippen molar-refractivity contribution in [3.05, 3.63) is 52.2 Å². The minimum absolute atomic E-state index is 0.0597. The Morgan fingerprint density at radius 1 is 1.15 bits per heavy atom. The Kier molecular flexibility index (Phi) is 7.62. The minimum Gasteiger partial charge on any atom is -0.494 e. The molecule has 7 heteroatoms. The average Bonchev–Trinajstić information content (AvgIpc) is 3.15. The van der Waals surface area contributed by atoms with E-state index >= 15 is 0 Å². The Balaban J connectivity index is 1.79. The highest BCUT2D eigenvalue weighted by atomic mass is 32.1. The van der Waals surface area contributed by atoms with Gasteiger partial charge >= 0.3 is 0 Å². The zero-order valence-corrected chi connectivity index (χ0v) is 16.1. The summed E-state index contributed by atoms with van der Waals surface area (Å²) in [5, 5.41) is 9.60. The first-order chi connectivity index (χ1) is 12.5. The molecule has 1 aromatic carbocycles. The van der Waals surface area contributed by atoms with Gasteiger partial charge < -0.3 is 20.3 Å². The third kappa shape index (κ3) is 5.86. The van der Waals surface area contributed by atoms with Crippen molar-refractivity contribution in [2.24, 2.45) is 0 Å². The monoisotopic (exact) mass is 375 g/mol. The van der Waals surface area contributed by atoms with Gasteiger partial charge in [0.05, 0.1) is 19.2 Å². The molecule has 0 saturated heterocycles. The summed E-state index contributed by atoms with van der Waals surface area (Å²) >= 11 is 1.63. The Bertz CT molecular complexity index is 699. The van der Waals surface area contributed by atoms with Crippen molar-refractivity contribution < 1.29 is 14.3 Å². The number of carbonyl (C=O) groups excluding carboxylic acids is 2. The molecule has 2 amide bonds. The van der Waals surface area contributed by atoms with E-state index in [1.54, 1.807) is 35.6 Å². The molecule has 0 aliphatic heterocycles. The maximum atomic E-state index is 12.1. The number of thiophene rings is 1. The summed E-state index contributed by atoms with van der Waals surface area (Å²) in [6, 6.07) is 8.98. The Morgan fingerprint density at radius 3 is 2.46 bits per heavy atom. The molecule has 26 heavy (non-hydrogen) atoms. The summed E-state index contributed by atoms with van der Waals surface area (Å²) in [4.78, 5) is 26.2. The van der Waals surface area contributed by atoms with Crippen LogP contribution in [0.4, 0.5) is 0 Å². The SMILES string of the molecule is CCOc1ccc(C(=O)NCC(=O)NCC(c2ccsc2)N(C)C)cc1. The van der Waals surface area contributed by atoms with Crippen LogP contribution in [0.1, 0.15) is 28.9 Å². The van der Waals surface area contributed by atoms with Crippen molar-refractivity contribution in [2.75, 3.05) is 33.8 Å². The van der Waals surface area contributed by atoms with Crippen LogP contribution in [0.15, 0.2) is 41.1 Å². The maximum absolute atomic E-state index is 12.1. The molecule has 140 valence electrons. The Hall–Kier alpha value is -2.38. The number of hydrogen-bond acceptors (Lipinski definition) is 5. The molecular formula is C19H25N3O3S. The van der Waals surface area contributed by atoms with Crippen molar-refractivity contribution in [2.45, 2.75) is 13.0 Å². The lowest BCUT2D eigenvalue weighted by molar-refractivity contribution is -0.120. The second-order valence-electron chi connectivity index (χ2n) is 5.98. The molecule has 1 heterocycles. The van der Waals surface area contributed by atoms with E-state index in [2.05, 4.69) is 27.0 Å². The summed E-state index contributed by atoms with van der Waals surface area (Å²) in [5.74, 6) is 0.210. The zero-order valence-electron chi connectivity index (χ0n) is 15.3. The molecule has 6 nitrogen and oxygen atoms in total. The van der Waals surface area contributed by atoms with Crippen LogP contribution in [0.5, 0.6) is 5.75 Å². The molecule has 0 spiro atoms. The predicted molar refractivity (Wildman–Crippen MR) is 104 cm³/mol. The van der Waals surface area contributed by atoms with E-state index in [9.17, 15) is 9.59 Å². The van der Waals surface area contributed by atoms with Gasteiger partial charge in [-0.3, -0.25) is 9.59 Å². The van der Waals surface area contributed by atoms with Gasteiger partial charge in [-0.15, -0.1) is 0 Å². The van der Waals surface area contributed by atoms with Gasteiger partial charge in [-0.1, -0.05) is 0 Å². The van der Waals surface area contributed by atoms with E-state index < -0.39 is 0 Å². The van der Waals surface area contributed by atoms with Crippen LogP contribution in [0.3, 0.4) is 0 Å². The highest BCUT2D eigenvalue weighted by Gasteiger charge is 2.16. The van der Waals surface area contributed by atoms with Gasteiger partial charge in [0.1, 0.15) is 5.75 Å². The Morgan fingerprint density at radius 2 is 1.88 bits per heavy atom. The first kappa shape index (κ1) is 19.9. The number of hydrogen-bond donors (Lipinski definition) is 2. The molecule has 0 saturated carbocycles. The number of likely N-dealkylation sites (N-methyl/N-ethyl adjacent to an activating group) is 1. The number of benzene rings is 1. The van der Waals surface area contributed by atoms with Gasteiger partial charge in [0.2, 0.25) is 5.91 Å². The number of nitrogens with zero attached hydrogens (tertiary/aromatic N) is 1. The topological polar surface area (TPSA) is 70.7 Å². The van der Waals surface area contributed by atoms with Crippen LogP contribution < -0.4 is 15.4 Å². The van der Waals surface area contributed by atoms with Crippen LogP contribution in [0, 0.1) is 0 Å². The highest BCUT2D eigenvalue weighted by molar-refractivity contribution is 7.07. The lowest BCUT2D eigenvalue weighted by Crippen LogP contribution is -2.40. The van der Waals surface area contributed by atoms with E-state index in [0.717, 1.165) is 0 Å². The van der Waals surface area contributed by atoms with Crippen LogP contribution in [-0.2, 0) is 4.79 Å². The van der Waals surface area contributed by atoms with E-state index in [-0.39, 0.29) is 24.4 Å². The molecule has 2 aromatic rings. The summed E-state index contributed by atoms with van der Waals surface area (Å²) in [5.41, 5.74) is 1.66. The largest absolute Gasteiger partial charge is 0.494 e. The summed E-state index contributed by atoms with van der Waals surface area (Å²) < 4.78 is 5.34. The number of rotatable bonds is 9. The zero-order chi connectivity index (χ0) is 18.9. The van der Waals surface area contributed by atoms with Crippen molar-refractivity contribution in [1.82, 2.24) is 15.5 Å². The van der Waals surface area contributed by atoms with E-state index in [1.807, 2.05) is 26.4 Å². The van der Waals surface area contributed by atoms with Gasteiger partial charge in [-0.05, 0) is 67.7 Å². The molecule has 0 fully saturated rings. The predicted octanol–water partition coefficient (Wildman–Crippen LogP) is 2.30. The second-order valence-corrected chi connectivity index (χ2v) is 6.76. The summed E-state index contributed by atoms with van der Waals surface area (Å²) in [7, 11) is 3.95. The highest BCUT2D eigenvalue weighted by Crippen LogP contribution is 2.19. The van der Waals surface area contributed by atoms with Crippen LogP contribution in [0.25, 0.3) is 0 Å². The van der Waals surface area contributed by atoms with Crippen molar-refractivity contribution in [3.63, 3.8) is 0 Å². The third-order valence-electron chi connectivity index (χ3n) is 3.88. The van der Waals surface area contributed by atoms with Gasteiger partial charge in [0.25, 0.3) is 5.91 Å². The van der Waals surface area contributed by atoms with Gasteiger partial charge in [0, 0.05) is 12.1 Å². The summed E-state index contributed by atoms with van der Waals surface area (Å²) in [6.45, 7) is 2.90. The first-order valence-electron chi connectivity index (χ1n) is 8.47. The molecule has 2 N–H and O–H groups in total. The van der Waals surface area contributed by atoms with Crippen LogP contribution in [-0.4, -0.2) is 50.5 Å². The quantitative estimate of drug-likeness (QED) is 0.706. The van der Waals surface area contributed by atoms with Crippen LogP contribution >= 0.6 is 11.3 Å². The first-order valence-corrected chi connectivity index (χ1v) is 9.41. The molecule has 1 aromatic heterocycles. The number of nitrogens with one attached hydrogen (secondary N) is 2. The molecule has 0 aliphatic carbocycles. The third-order valence-corrected chi connectivity index (χ3v) is 4.58. The van der Waals surface area contributed by atoms with Crippen molar-refractivity contribution >= 4 is 23.2 Å². The van der Waals surface area contributed by atoms with Gasteiger partial charge in [-0.25, -0.2) is 0 Å². The lowest BCUT2D eigenvalue weighted by Gasteiger charge is -2.24. The number of carbonyl (C=O) groups is 2. The average molecular weight is 375 g/mol. The van der Waals surface area contributed by atoms with Crippen molar-refractivity contribution in [1.29, 1.82) is 0 Å². The maximum Gasteiger partial charge on any atom is 0.251 e. The normalized spacial score (nSPS) is 11.8. The molecular weight excluding hydrogens is 350 g/mol. The molecule has 0 radical (unpaired) electrons. The molecule has 1 unspecified atom stereocenters. The minimum atomic E-state index is -0.287. The standard InChI is InChI=1S/C19H25N3O3S/c1-4-25-16-7-5-14(6-8-16)19(24)21-12-18(23)20-11-17(22(2)3)15-9-10-26-13-15/h5-10,13,17H,4,11-12H2,1-3H3,(H,20,23)(H,21,24). The van der Waals surface area contributed by atoms with E-state index in [4.69, 9.17) is 4.74 Å². The molecule has 1 atom stereocenters. The van der Waals surface area contributed by atoms with Crippen LogP contribution in [0.2, 0.25) is 0 Å². The van der Waals surface area contributed by atoms with E-state index in [1.165, 1.54) is 5.56 Å². The summed E-state index contributed by atoms with van der Waals surface area (Å²) in [6.07, 6.45) is 0. The number of amides is 2. The fraction of sp³-hybridized carbons (Fsp3) is 0.368. The fourth-order valence-corrected chi connectivity index (χ4v) is 3.18. The van der Waals surface area contributed by atoms with Gasteiger partial charge in [-0.2, -0.15) is 11.3 Å². The molecule has 2 rings (SSSR count).